The van der Waals surface area contributed by atoms with Crippen LogP contribution in [0.1, 0.15) is 71.1 Å². The maximum atomic E-state index is 13.0. The second kappa shape index (κ2) is 9.28. The van der Waals surface area contributed by atoms with Crippen molar-refractivity contribution in [1.82, 2.24) is 10.4 Å². The maximum Gasteiger partial charge on any atom is 0.405 e. The molecule has 0 radical (unpaired) electrons. The van der Waals surface area contributed by atoms with E-state index >= 15 is 0 Å². The lowest BCUT2D eigenvalue weighted by atomic mass is 10.0. The summed E-state index contributed by atoms with van der Waals surface area (Å²) in [4.78, 5) is 11.1. The molecule has 1 N–H and O–H groups in total. The molecular weight excluding hydrogens is 281 g/mol. The second-order valence-electron chi connectivity index (χ2n) is 5.80. The normalized spacial score (nSPS) is 18.0. The molecule has 1 rings (SSSR count). The fourth-order valence-electron chi connectivity index (χ4n) is 2.70. The first-order valence-electron chi connectivity index (χ1n) is 8.08. The summed E-state index contributed by atoms with van der Waals surface area (Å²) in [5.41, 5.74) is 2.31. The van der Waals surface area contributed by atoms with E-state index in [-0.39, 0.29) is 25.3 Å². The summed E-state index contributed by atoms with van der Waals surface area (Å²) in [5, 5.41) is 1.06. The van der Waals surface area contributed by atoms with Gasteiger partial charge in [-0.1, -0.05) is 58.3 Å². The molecule has 0 aromatic carbocycles. The van der Waals surface area contributed by atoms with Crippen molar-refractivity contribution in [2.75, 3.05) is 6.54 Å². The zero-order valence-electron chi connectivity index (χ0n) is 12.8. The molecule has 0 unspecified atom stereocenters. The second-order valence-corrected chi connectivity index (χ2v) is 5.80. The summed E-state index contributed by atoms with van der Waals surface area (Å²) in [6.45, 7) is 2.31. The molecule has 1 saturated heterocycles. The fourth-order valence-corrected chi connectivity index (χ4v) is 2.70. The molecule has 0 bridgehead atoms. The highest BCUT2D eigenvalue weighted by Crippen LogP contribution is 2.29. The van der Waals surface area contributed by atoms with Crippen molar-refractivity contribution in [3.63, 3.8) is 0 Å². The lowest BCUT2D eigenvalue weighted by Gasteiger charge is -2.28. The van der Waals surface area contributed by atoms with Gasteiger partial charge in [0.2, 0.25) is 5.91 Å². The van der Waals surface area contributed by atoms with Crippen molar-refractivity contribution in [2.45, 2.75) is 83.4 Å². The molecule has 0 spiro atoms. The van der Waals surface area contributed by atoms with Crippen LogP contribution >= 0.6 is 0 Å². The van der Waals surface area contributed by atoms with Crippen LogP contribution in [0.2, 0.25) is 0 Å². The van der Waals surface area contributed by atoms with Crippen LogP contribution in [0.4, 0.5) is 13.2 Å². The van der Waals surface area contributed by atoms with Gasteiger partial charge in [-0.3, -0.25) is 10.2 Å². The Labute approximate surface area is 125 Å². The number of rotatable bonds is 10. The maximum absolute atomic E-state index is 13.0. The molecule has 0 aromatic heterocycles. The van der Waals surface area contributed by atoms with Gasteiger partial charge in [-0.15, -0.1) is 0 Å². The molecule has 0 aromatic rings. The quantitative estimate of drug-likeness (QED) is 0.614. The highest BCUT2D eigenvalue weighted by atomic mass is 19.4. The van der Waals surface area contributed by atoms with Crippen molar-refractivity contribution < 1.29 is 18.0 Å². The number of nitrogens with one attached hydrogen (secondary N) is 1. The van der Waals surface area contributed by atoms with Crippen LogP contribution in [0.3, 0.4) is 0 Å². The molecule has 21 heavy (non-hydrogen) atoms. The molecule has 0 aliphatic carbocycles. The van der Waals surface area contributed by atoms with E-state index in [4.69, 9.17) is 0 Å². The summed E-state index contributed by atoms with van der Waals surface area (Å²) in [7, 11) is 0. The van der Waals surface area contributed by atoms with E-state index in [1.807, 2.05) is 0 Å². The van der Waals surface area contributed by atoms with Gasteiger partial charge in [0, 0.05) is 13.0 Å². The van der Waals surface area contributed by atoms with Gasteiger partial charge in [0.1, 0.15) is 6.04 Å². The van der Waals surface area contributed by atoms with Crippen LogP contribution in [-0.2, 0) is 4.79 Å². The number of carbonyl (C=O) groups is 1. The first kappa shape index (κ1) is 18.3. The third-order valence-electron chi connectivity index (χ3n) is 3.93. The van der Waals surface area contributed by atoms with Crippen molar-refractivity contribution in [1.29, 1.82) is 0 Å². The number of nitrogens with zero attached hydrogens (tertiary/aromatic N) is 1. The van der Waals surface area contributed by atoms with Gasteiger partial charge in [0.15, 0.2) is 0 Å². The lowest BCUT2D eigenvalue weighted by molar-refractivity contribution is -0.190. The van der Waals surface area contributed by atoms with Gasteiger partial charge < -0.3 is 0 Å². The molecular formula is C15H27F3N2O. The molecule has 1 aliphatic heterocycles. The summed E-state index contributed by atoms with van der Waals surface area (Å²) in [6.07, 6.45) is 4.30. The predicted molar refractivity (Wildman–Crippen MR) is 76.5 cm³/mol. The number of hydrogen-bond acceptors (Lipinski definition) is 2. The van der Waals surface area contributed by atoms with Crippen LogP contribution in [0.5, 0.6) is 0 Å². The summed E-state index contributed by atoms with van der Waals surface area (Å²) < 4.78 is 39.1. The third kappa shape index (κ3) is 7.16. The van der Waals surface area contributed by atoms with E-state index in [1.54, 1.807) is 0 Å². The Morgan fingerprint density at radius 1 is 1.10 bits per heavy atom. The third-order valence-corrected chi connectivity index (χ3v) is 3.93. The smallest absolute Gasteiger partial charge is 0.288 e. The van der Waals surface area contributed by atoms with Crippen molar-refractivity contribution >= 4 is 5.91 Å². The number of hydrazine groups is 1. The van der Waals surface area contributed by atoms with E-state index in [9.17, 15) is 18.0 Å². The van der Waals surface area contributed by atoms with E-state index in [1.165, 1.54) is 25.7 Å². The van der Waals surface area contributed by atoms with E-state index in [0.717, 1.165) is 24.3 Å². The van der Waals surface area contributed by atoms with Crippen LogP contribution < -0.4 is 5.43 Å². The number of hydrogen-bond donors (Lipinski definition) is 1. The van der Waals surface area contributed by atoms with Gasteiger partial charge >= 0.3 is 6.18 Å². The number of halogens is 3. The average Bonchev–Trinajstić information content (AvgIpc) is 2.81. The fraction of sp³-hybridized carbons (Fsp3) is 0.933. The number of amides is 1. The zero-order valence-corrected chi connectivity index (χ0v) is 12.8. The minimum atomic E-state index is -4.28. The first-order chi connectivity index (χ1) is 9.95. The molecule has 1 heterocycles. The molecule has 1 atom stereocenters. The standard InChI is InChI=1S/C15H27F3N2O/c1-2-3-4-5-6-7-8-9-10-13(15(16,17)18)20-12-11-14(21)19-20/h13H,2-12H2,1H3,(H,19,21)/t13-/m0/s1. The van der Waals surface area contributed by atoms with Gasteiger partial charge in [-0.2, -0.15) is 13.2 Å². The van der Waals surface area contributed by atoms with Crippen molar-refractivity contribution in [2.24, 2.45) is 0 Å². The van der Waals surface area contributed by atoms with E-state index in [2.05, 4.69) is 12.3 Å². The highest BCUT2D eigenvalue weighted by molar-refractivity contribution is 5.77. The SMILES string of the molecule is CCCCCCCCCC[C@H](N1CCC(=O)N1)C(F)(F)F. The minimum absolute atomic E-state index is 0.0682. The summed E-state index contributed by atoms with van der Waals surface area (Å²) in [5.74, 6) is -0.319. The lowest BCUT2D eigenvalue weighted by Crippen LogP contribution is -2.49. The van der Waals surface area contributed by atoms with E-state index < -0.39 is 12.2 Å². The Morgan fingerprint density at radius 3 is 2.14 bits per heavy atom. The molecule has 1 fully saturated rings. The first-order valence-corrected chi connectivity index (χ1v) is 8.08. The molecule has 0 saturated carbocycles. The molecule has 1 amide bonds. The Bertz CT molecular complexity index is 308. The Morgan fingerprint density at radius 2 is 1.67 bits per heavy atom. The predicted octanol–water partition coefficient (Wildman–Crippen LogP) is 4.19. The number of alkyl halides is 3. The summed E-state index contributed by atoms with van der Waals surface area (Å²) >= 11 is 0. The topological polar surface area (TPSA) is 32.3 Å². The average molecular weight is 308 g/mol. The zero-order chi connectivity index (χ0) is 15.7. The van der Waals surface area contributed by atoms with Crippen LogP contribution in [0, 0.1) is 0 Å². The summed E-state index contributed by atoms with van der Waals surface area (Å²) in [6, 6.07) is -1.54. The molecule has 1 aliphatic rings. The monoisotopic (exact) mass is 308 g/mol. The number of unbranched alkanes of at least 4 members (excludes halogenated alkanes) is 7. The van der Waals surface area contributed by atoms with Crippen molar-refractivity contribution in [3.05, 3.63) is 0 Å². The molecule has 6 heteroatoms. The Balaban J connectivity index is 2.20. The highest BCUT2D eigenvalue weighted by Gasteiger charge is 2.45. The minimum Gasteiger partial charge on any atom is -0.288 e. The van der Waals surface area contributed by atoms with Crippen LogP contribution in [0.25, 0.3) is 0 Å². The van der Waals surface area contributed by atoms with Gasteiger partial charge in [0.05, 0.1) is 0 Å². The molecule has 3 nitrogen and oxygen atoms in total. The number of carbonyl (C=O) groups excluding carboxylic acids is 1. The van der Waals surface area contributed by atoms with Gasteiger partial charge in [-0.05, 0) is 6.42 Å². The van der Waals surface area contributed by atoms with Gasteiger partial charge in [-0.25, -0.2) is 5.01 Å². The van der Waals surface area contributed by atoms with Crippen molar-refractivity contribution in [3.8, 4) is 0 Å². The Hall–Kier alpha value is -0.780. The Kier molecular flexibility index (Phi) is 8.07. The largest absolute Gasteiger partial charge is 0.405 e. The van der Waals surface area contributed by atoms with Gasteiger partial charge in [0.25, 0.3) is 0 Å². The van der Waals surface area contributed by atoms with Crippen LogP contribution in [-0.4, -0.2) is 29.7 Å². The van der Waals surface area contributed by atoms with Crippen LogP contribution in [0.15, 0.2) is 0 Å². The van der Waals surface area contributed by atoms with E-state index in [0.29, 0.717) is 6.42 Å². The molecule has 124 valence electrons.